The van der Waals surface area contributed by atoms with E-state index in [1.54, 1.807) is 17.0 Å². The maximum absolute atomic E-state index is 13.9. The second-order valence-corrected chi connectivity index (χ2v) is 9.65. The van der Waals surface area contributed by atoms with E-state index in [1.807, 2.05) is 98.5 Å². The van der Waals surface area contributed by atoms with Gasteiger partial charge in [0.15, 0.2) is 0 Å². The van der Waals surface area contributed by atoms with Gasteiger partial charge in [0.2, 0.25) is 11.9 Å². The number of guanidine groups is 1. The molecule has 3 aromatic carbocycles. The molecule has 180 valence electrons. The van der Waals surface area contributed by atoms with Gasteiger partial charge in [-0.2, -0.15) is 0 Å². The van der Waals surface area contributed by atoms with Crippen LogP contribution in [0.3, 0.4) is 0 Å². The summed E-state index contributed by atoms with van der Waals surface area (Å²) in [7, 11) is 0. The zero-order valence-electron chi connectivity index (χ0n) is 20.7. The van der Waals surface area contributed by atoms with Gasteiger partial charge in [-0.1, -0.05) is 61.5 Å². The molecule has 1 atom stereocenters. The van der Waals surface area contributed by atoms with Crippen LogP contribution in [-0.4, -0.2) is 34.8 Å². The van der Waals surface area contributed by atoms with E-state index >= 15 is 0 Å². The lowest BCUT2D eigenvalue weighted by molar-refractivity contribution is -0.126. The number of benzene rings is 3. The number of fused-ring (bicyclic) bond motifs is 1. The summed E-state index contributed by atoms with van der Waals surface area (Å²) in [5.74, 6) is 0.122. The monoisotopic (exact) mass is 468 g/mol. The van der Waals surface area contributed by atoms with Crippen LogP contribution in [0.4, 0.5) is 11.4 Å². The molecule has 1 aliphatic rings. The Labute approximate surface area is 207 Å². The summed E-state index contributed by atoms with van der Waals surface area (Å²) in [6, 6.07) is 25.7. The summed E-state index contributed by atoms with van der Waals surface area (Å²) < 4.78 is 0. The van der Waals surface area contributed by atoms with Crippen molar-refractivity contribution in [3.8, 4) is 0 Å². The van der Waals surface area contributed by atoms with Gasteiger partial charge < -0.3 is 10.2 Å². The third kappa shape index (κ3) is 5.27. The fourth-order valence-corrected chi connectivity index (χ4v) is 4.26. The predicted molar refractivity (Wildman–Crippen MR) is 141 cm³/mol. The zero-order valence-corrected chi connectivity index (χ0v) is 20.7. The molecule has 0 aromatic heterocycles. The Morgan fingerprint density at radius 3 is 2.14 bits per heavy atom. The maximum Gasteiger partial charge on any atom is 0.265 e. The van der Waals surface area contributed by atoms with Gasteiger partial charge in [-0.15, -0.1) is 0 Å². The summed E-state index contributed by atoms with van der Waals surface area (Å²) in [5, 5.41) is 3.14. The first-order valence-electron chi connectivity index (χ1n) is 12.0. The third-order valence-electron chi connectivity index (χ3n) is 5.67. The van der Waals surface area contributed by atoms with E-state index in [2.05, 4.69) is 12.2 Å². The van der Waals surface area contributed by atoms with Crippen LogP contribution in [-0.2, 0) is 4.79 Å². The summed E-state index contributed by atoms with van der Waals surface area (Å²) in [6.07, 6.45) is 0.780. The van der Waals surface area contributed by atoms with E-state index < -0.39 is 11.6 Å². The van der Waals surface area contributed by atoms with Gasteiger partial charge in [0, 0.05) is 23.2 Å². The molecule has 1 unspecified atom stereocenters. The number of aliphatic imine (C=N–C) groups is 1. The highest BCUT2D eigenvalue weighted by atomic mass is 16.2. The molecule has 6 nitrogen and oxygen atoms in total. The highest BCUT2D eigenvalue weighted by Crippen LogP contribution is 2.37. The first kappa shape index (κ1) is 24.2. The molecule has 6 heteroatoms. The van der Waals surface area contributed by atoms with Crippen molar-refractivity contribution in [2.24, 2.45) is 4.99 Å². The third-order valence-corrected chi connectivity index (χ3v) is 5.67. The van der Waals surface area contributed by atoms with Gasteiger partial charge in [0.25, 0.3) is 5.91 Å². The van der Waals surface area contributed by atoms with Crippen molar-refractivity contribution in [1.29, 1.82) is 0 Å². The van der Waals surface area contributed by atoms with E-state index in [1.165, 1.54) is 0 Å². The number of anilines is 1. The number of carbonyl (C=O) groups is 2. The number of nitrogens with one attached hydrogen (secondary N) is 1. The number of carbonyl (C=O) groups excluding carboxylic acids is 2. The van der Waals surface area contributed by atoms with Crippen LogP contribution in [0, 0.1) is 0 Å². The average molecular weight is 469 g/mol. The lowest BCUT2D eigenvalue weighted by Crippen LogP contribution is -2.55. The van der Waals surface area contributed by atoms with Gasteiger partial charge in [-0.05, 0) is 57.5 Å². The molecular formula is C29H32N4O2. The second-order valence-electron chi connectivity index (χ2n) is 9.65. The largest absolute Gasteiger partial charge is 0.349 e. The molecule has 1 N–H and O–H groups in total. The molecule has 0 fully saturated rings. The Kier molecular flexibility index (Phi) is 7.01. The number of para-hydroxylation sites is 2. The van der Waals surface area contributed by atoms with E-state index in [-0.39, 0.29) is 11.8 Å². The van der Waals surface area contributed by atoms with Gasteiger partial charge in [-0.25, -0.2) is 9.89 Å². The van der Waals surface area contributed by atoms with Gasteiger partial charge in [0.05, 0.1) is 11.4 Å². The van der Waals surface area contributed by atoms with Crippen molar-refractivity contribution in [3.63, 3.8) is 0 Å². The van der Waals surface area contributed by atoms with Crippen LogP contribution < -0.4 is 10.2 Å². The van der Waals surface area contributed by atoms with Crippen molar-refractivity contribution in [2.45, 2.75) is 45.7 Å². The zero-order chi connectivity index (χ0) is 25.0. The van der Waals surface area contributed by atoms with Crippen molar-refractivity contribution >= 4 is 29.1 Å². The first-order chi connectivity index (χ1) is 16.8. The summed E-state index contributed by atoms with van der Waals surface area (Å²) >= 11 is 0. The van der Waals surface area contributed by atoms with Crippen molar-refractivity contribution in [2.75, 3.05) is 11.4 Å². The van der Waals surface area contributed by atoms with Crippen LogP contribution in [0.2, 0.25) is 0 Å². The highest BCUT2D eigenvalue weighted by molar-refractivity contribution is 6.23. The van der Waals surface area contributed by atoms with E-state index in [4.69, 9.17) is 4.99 Å². The number of amides is 2. The molecule has 0 spiro atoms. The maximum atomic E-state index is 13.9. The minimum absolute atomic E-state index is 0.119. The molecule has 1 heterocycles. The molecular weight excluding hydrogens is 436 g/mol. The summed E-state index contributed by atoms with van der Waals surface area (Å²) in [5.41, 5.74) is 2.34. The van der Waals surface area contributed by atoms with Gasteiger partial charge >= 0.3 is 0 Å². The molecule has 2 amide bonds. The van der Waals surface area contributed by atoms with Crippen LogP contribution in [0.5, 0.6) is 0 Å². The highest BCUT2D eigenvalue weighted by Gasteiger charge is 2.40. The molecule has 0 aliphatic carbocycles. The SMILES string of the molecule is CCCN1C(N(C(=O)c2ccccc2)c2ccccc2)=Nc2ccccc2C1C(=O)NC(C)(C)C. The molecule has 35 heavy (non-hydrogen) atoms. The number of rotatable bonds is 5. The first-order valence-corrected chi connectivity index (χ1v) is 12.0. The van der Waals surface area contributed by atoms with E-state index in [9.17, 15) is 9.59 Å². The normalized spacial score (nSPS) is 15.1. The van der Waals surface area contributed by atoms with Gasteiger partial charge in [0.1, 0.15) is 6.04 Å². The molecule has 0 saturated carbocycles. The standard InChI is InChI=1S/C29H32N4O2/c1-5-20-32-25(26(34)31-29(2,3)4)23-18-12-13-19-24(23)30-28(32)33(22-16-10-7-11-17-22)27(35)21-14-8-6-9-15-21/h6-19,25H,5,20H2,1-4H3,(H,31,34). The number of hydrogen-bond donors (Lipinski definition) is 1. The Balaban J connectivity index is 1.91. The van der Waals surface area contributed by atoms with Crippen molar-refractivity contribution in [1.82, 2.24) is 10.2 Å². The average Bonchev–Trinajstić information content (AvgIpc) is 2.84. The topological polar surface area (TPSA) is 65.0 Å². The molecule has 0 bridgehead atoms. The smallest absolute Gasteiger partial charge is 0.265 e. The molecule has 0 saturated heterocycles. The van der Waals surface area contributed by atoms with E-state index in [0.717, 1.165) is 12.0 Å². The predicted octanol–water partition coefficient (Wildman–Crippen LogP) is 5.70. The fourth-order valence-electron chi connectivity index (χ4n) is 4.26. The van der Waals surface area contributed by atoms with Crippen LogP contribution in [0.15, 0.2) is 89.9 Å². The Morgan fingerprint density at radius 2 is 1.51 bits per heavy atom. The molecule has 4 rings (SSSR count). The van der Waals surface area contributed by atoms with E-state index in [0.29, 0.717) is 29.4 Å². The molecule has 3 aromatic rings. The number of nitrogens with zero attached hydrogens (tertiary/aromatic N) is 3. The minimum Gasteiger partial charge on any atom is -0.349 e. The fraction of sp³-hybridized carbons (Fsp3) is 0.276. The quantitative estimate of drug-likeness (QED) is 0.522. The number of hydrogen-bond acceptors (Lipinski definition) is 4. The van der Waals surface area contributed by atoms with Crippen LogP contribution >= 0.6 is 0 Å². The van der Waals surface area contributed by atoms with Crippen LogP contribution in [0.1, 0.15) is 56.1 Å². The van der Waals surface area contributed by atoms with Crippen LogP contribution in [0.25, 0.3) is 0 Å². The second kappa shape index (κ2) is 10.1. The minimum atomic E-state index is -0.618. The van der Waals surface area contributed by atoms with Crippen molar-refractivity contribution in [3.05, 3.63) is 96.1 Å². The summed E-state index contributed by atoms with van der Waals surface area (Å²) in [4.78, 5) is 36.2. The lowest BCUT2D eigenvalue weighted by Gasteiger charge is -2.41. The molecule has 1 aliphatic heterocycles. The molecule has 0 radical (unpaired) electrons. The Hall–Kier alpha value is -3.93. The van der Waals surface area contributed by atoms with Crippen molar-refractivity contribution < 1.29 is 9.59 Å². The van der Waals surface area contributed by atoms with Gasteiger partial charge in [-0.3, -0.25) is 9.59 Å². The Bertz CT molecular complexity index is 1220. The summed E-state index contributed by atoms with van der Waals surface area (Å²) in [6.45, 7) is 8.51. The Morgan fingerprint density at radius 1 is 0.914 bits per heavy atom. The lowest BCUT2D eigenvalue weighted by atomic mass is 9.98.